The molecule has 1 aliphatic carbocycles. The van der Waals surface area contributed by atoms with E-state index in [9.17, 15) is 14.4 Å². The van der Waals surface area contributed by atoms with Gasteiger partial charge in [0.25, 0.3) is 5.56 Å². The van der Waals surface area contributed by atoms with Crippen molar-refractivity contribution in [3.05, 3.63) is 63.4 Å². The molecule has 1 heterocycles. The Balaban J connectivity index is 1.71. The van der Waals surface area contributed by atoms with Crippen molar-refractivity contribution in [2.24, 2.45) is 0 Å². The van der Waals surface area contributed by atoms with E-state index in [4.69, 9.17) is 11.6 Å². The summed E-state index contributed by atoms with van der Waals surface area (Å²) >= 11 is 7.21. The van der Waals surface area contributed by atoms with E-state index in [0.29, 0.717) is 26.8 Å². The van der Waals surface area contributed by atoms with Crippen LogP contribution in [0.2, 0.25) is 5.02 Å². The van der Waals surface area contributed by atoms with Crippen LogP contribution in [0.25, 0.3) is 16.6 Å². The average molecular weight is 471 g/mol. The lowest BCUT2D eigenvalue weighted by Crippen LogP contribution is -2.41. The zero-order chi connectivity index (χ0) is 22.8. The molecular formula is C23H23ClN4O3S. The summed E-state index contributed by atoms with van der Waals surface area (Å²) in [5.74, 6) is -0.357. The largest absolute Gasteiger partial charge is 0.335 e. The van der Waals surface area contributed by atoms with Crippen LogP contribution in [-0.4, -0.2) is 33.3 Å². The molecule has 1 fully saturated rings. The number of nitrogens with one attached hydrogen (secondary N) is 2. The first-order valence-electron chi connectivity index (χ1n) is 10.4. The molecule has 1 aromatic heterocycles. The molecule has 1 aliphatic rings. The summed E-state index contributed by atoms with van der Waals surface area (Å²) in [4.78, 5) is 42.3. The van der Waals surface area contributed by atoms with Crippen molar-refractivity contribution in [2.45, 2.75) is 43.8 Å². The highest BCUT2D eigenvalue weighted by atomic mass is 35.5. The molecule has 2 N–H and O–H groups in total. The number of rotatable bonds is 6. The number of para-hydroxylation sites is 1. The molecule has 9 heteroatoms. The number of hydrogen-bond donors (Lipinski definition) is 2. The zero-order valence-corrected chi connectivity index (χ0v) is 19.3. The van der Waals surface area contributed by atoms with Gasteiger partial charge in [-0.15, -0.1) is 0 Å². The Morgan fingerprint density at radius 3 is 2.69 bits per heavy atom. The highest BCUT2D eigenvalue weighted by Crippen LogP contribution is 2.27. The minimum absolute atomic E-state index is 0.0690. The van der Waals surface area contributed by atoms with Crippen LogP contribution < -0.4 is 16.2 Å². The van der Waals surface area contributed by atoms with Crippen LogP contribution >= 0.6 is 23.4 Å². The number of urea groups is 1. The van der Waals surface area contributed by atoms with E-state index >= 15 is 0 Å². The Bertz CT molecular complexity index is 1250. The summed E-state index contributed by atoms with van der Waals surface area (Å²) < 4.78 is 1.54. The number of amides is 3. The summed E-state index contributed by atoms with van der Waals surface area (Å²) in [7, 11) is 0. The Labute approximate surface area is 194 Å². The Morgan fingerprint density at radius 1 is 1.22 bits per heavy atom. The van der Waals surface area contributed by atoms with Crippen LogP contribution in [0.4, 0.5) is 4.79 Å². The number of thioether (sulfide) groups is 1. The number of hydrogen-bond acceptors (Lipinski definition) is 5. The average Bonchev–Trinajstić information content (AvgIpc) is 3.55. The molecular weight excluding hydrogens is 448 g/mol. The van der Waals surface area contributed by atoms with Crippen molar-refractivity contribution in [3.63, 3.8) is 0 Å². The first-order valence-corrected chi connectivity index (χ1v) is 11.7. The van der Waals surface area contributed by atoms with Gasteiger partial charge in [0.2, 0.25) is 5.91 Å². The van der Waals surface area contributed by atoms with Crippen LogP contribution in [-0.2, 0) is 4.79 Å². The SMILES string of the molecule is CC(C)c1ccccc1-n1c(SCC(=O)NC(=O)NC2CC2)nc2cc(Cl)ccc2c1=O. The smallest absolute Gasteiger partial charge is 0.321 e. The minimum atomic E-state index is -0.501. The monoisotopic (exact) mass is 470 g/mol. The molecule has 0 saturated heterocycles. The first kappa shape index (κ1) is 22.4. The number of nitrogens with zero attached hydrogens (tertiary/aromatic N) is 2. The van der Waals surface area contributed by atoms with Crippen LogP contribution in [0.15, 0.2) is 52.4 Å². The fourth-order valence-corrected chi connectivity index (χ4v) is 4.34. The standard InChI is InChI=1S/C23H23ClN4O3S/c1-13(2)16-5-3-4-6-19(16)28-21(30)17-10-7-14(24)11-18(17)26-23(28)32-12-20(29)27-22(31)25-15-8-9-15/h3-7,10-11,13,15H,8-9,12H2,1-2H3,(H2,25,27,29,31). The molecule has 7 nitrogen and oxygen atoms in total. The van der Waals surface area contributed by atoms with E-state index < -0.39 is 11.9 Å². The quantitative estimate of drug-likeness (QED) is 0.415. The first-order chi connectivity index (χ1) is 15.3. The second-order valence-corrected chi connectivity index (χ2v) is 9.37. The highest BCUT2D eigenvalue weighted by molar-refractivity contribution is 7.99. The van der Waals surface area contributed by atoms with Gasteiger partial charge in [-0.05, 0) is 48.6 Å². The van der Waals surface area contributed by atoms with E-state index in [-0.39, 0.29) is 23.3 Å². The topological polar surface area (TPSA) is 93.1 Å². The van der Waals surface area contributed by atoms with Crippen molar-refractivity contribution in [3.8, 4) is 5.69 Å². The number of benzene rings is 2. The van der Waals surface area contributed by atoms with Gasteiger partial charge in [-0.2, -0.15) is 0 Å². The molecule has 4 rings (SSSR count). The maximum Gasteiger partial charge on any atom is 0.321 e. The molecule has 166 valence electrons. The van der Waals surface area contributed by atoms with Gasteiger partial charge in [0.15, 0.2) is 5.16 Å². The number of carbonyl (C=O) groups excluding carboxylic acids is 2. The van der Waals surface area contributed by atoms with E-state index in [2.05, 4.69) is 29.5 Å². The molecule has 1 saturated carbocycles. The molecule has 3 aromatic rings. The molecule has 0 bridgehead atoms. The Kier molecular flexibility index (Phi) is 6.53. The third kappa shape index (κ3) is 4.97. The summed E-state index contributed by atoms with van der Waals surface area (Å²) in [6.07, 6.45) is 1.86. The molecule has 0 unspecified atom stereocenters. The van der Waals surface area contributed by atoms with Gasteiger partial charge in [0, 0.05) is 11.1 Å². The molecule has 0 spiro atoms. The minimum Gasteiger partial charge on any atom is -0.335 e. The summed E-state index contributed by atoms with van der Waals surface area (Å²) in [6, 6.07) is 12.2. The number of fused-ring (bicyclic) bond motifs is 1. The van der Waals surface area contributed by atoms with Gasteiger partial charge in [-0.1, -0.05) is 55.4 Å². The summed E-state index contributed by atoms with van der Waals surface area (Å²) in [5, 5.41) is 6.30. The van der Waals surface area contributed by atoms with E-state index in [1.165, 1.54) is 4.57 Å². The van der Waals surface area contributed by atoms with E-state index in [1.54, 1.807) is 18.2 Å². The number of halogens is 1. The molecule has 0 atom stereocenters. The fourth-order valence-electron chi connectivity index (χ4n) is 3.37. The van der Waals surface area contributed by atoms with Gasteiger partial charge >= 0.3 is 6.03 Å². The lowest BCUT2D eigenvalue weighted by atomic mass is 10.0. The maximum atomic E-state index is 13.5. The van der Waals surface area contributed by atoms with Gasteiger partial charge in [0.05, 0.1) is 22.3 Å². The van der Waals surface area contributed by atoms with Gasteiger partial charge in [-0.25, -0.2) is 9.78 Å². The third-order valence-electron chi connectivity index (χ3n) is 5.10. The predicted octanol–water partition coefficient (Wildman–Crippen LogP) is 4.24. The van der Waals surface area contributed by atoms with Crippen molar-refractivity contribution in [1.82, 2.24) is 20.2 Å². The van der Waals surface area contributed by atoms with Crippen molar-refractivity contribution in [1.29, 1.82) is 0 Å². The van der Waals surface area contributed by atoms with E-state index in [1.807, 2.05) is 24.3 Å². The van der Waals surface area contributed by atoms with E-state index in [0.717, 1.165) is 30.2 Å². The molecule has 0 aliphatic heterocycles. The Morgan fingerprint density at radius 2 is 1.97 bits per heavy atom. The number of carbonyl (C=O) groups is 2. The van der Waals surface area contributed by atoms with Crippen LogP contribution in [0.1, 0.15) is 38.2 Å². The molecule has 0 radical (unpaired) electrons. The second kappa shape index (κ2) is 9.34. The number of aromatic nitrogens is 2. The lowest BCUT2D eigenvalue weighted by Gasteiger charge is -2.18. The number of imide groups is 1. The molecule has 3 amide bonds. The normalized spacial score (nSPS) is 13.4. The Hall–Kier alpha value is -2.84. The van der Waals surface area contributed by atoms with Crippen LogP contribution in [0.5, 0.6) is 0 Å². The van der Waals surface area contributed by atoms with Crippen molar-refractivity contribution in [2.75, 3.05) is 5.75 Å². The maximum absolute atomic E-state index is 13.5. The summed E-state index contributed by atoms with van der Waals surface area (Å²) in [5.41, 5.74) is 1.91. The predicted molar refractivity (Wildman–Crippen MR) is 127 cm³/mol. The fraction of sp³-hybridized carbons (Fsp3) is 0.304. The lowest BCUT2D eigenvalue weighted by molar-refractivity contribution is -0.117. The molecule has 32 heavy (non-hydrogen) atoms. The molecule has 2 aromatic carbocycles. The van der Waals surface area contributed by atoms with Gasteiger partial charge < -0.3 is 5.32 Å². The van der Waals surface area contributed by atoms with Gasteiger partial charge in [-0.3, -0.25) is 19.5 Å². The van der Waals surface area contributed by atoms with Crippen LogP contribution in [0, 0.1) is 0 Å². The second-order valence-electron chi connectivity index (χ2n) is 7.99. The highest BCUT2D eigenvalue weighted by Gasteiger charge is 2.24. The summed E-state index contributed by atoms with van der Waals surface area (Å²) in [6.45, 7) is 4.10. The van der Waals surface area contributed by atoms with Crippen molar-refractivity contribution < 1.29 is 9.59 Å². The zero-order valence-electron chi connectivity index (χ0n) is 17.7. The van der Waals surface area contributed by atoms with Gasteiger partial charge in [0.1, 0.15) is 0 Å². The van der Waals surface area contributed by atoms with Crippen LogP contribution in [0.3, 0.4) is 0 Å². The van der Waals surface area contributed by atoms with Crippen molar-refractivity contribution >= 4 is 46.2 Å². The third-order valence-corrected chi connectivity index (χ3v) is 6.27.